The normalized spacial score (nSPS) is 16.0. The summed E-state index contributed by atoms with van der Waals surface area (Å²) in [5, 5.41) is 58.4. The number of carbonyl (C=O) groups is 17. The molecule has 0 fully saturated rings. The number of hydrogen-bond acceptors (Lipinski definition) is 22. The smallest absolute Gasteiger partial charge is 0.326 e. The van der Waals surface area contributed by atoms with Crippen molar-refractivity contribution >= 4 is 135 Å². The molecular weight excluding hydrogens is 1620 g/mol. The van der Waals surface area contributed by atoms with Crippen molar-refractivity contribution in [2.45, 2.75) is 291 Å². The van der Waals surface area contributed by atoms with Crippen LogP contribution in [0.25, 0.3) is 10.9 Å². The van der Waals surface area contributed by atoms with Gasteiger partial charge in [-0.1, -0.05) is 128 Å². The highest BCUT2D eigenvalue weighted by molar-refractivity contribution is 7.98. The number of unbranched alkanes of at least 4 members (excludes halogenated alkanes) is 1. The van der Waals surface area contributed by atoms with Crippen LogP contribution in [0.5, 0.6) is 0 Å². The number of benzene rings is 1. The van der Waals surface area contributed by atoms with E-state index in [1.54, 1.807) is 126 Å². The second kappa shape index (κ2) is 54.7. The summed E-state index contributed by atoms with van der Waals surface area (Å²) < 4.78 is 0. The molecule has 0 saturated carbocycles. The third kappa shape index (κ3) is 37.6. The van der Waals surface area contributed by atoms with Crippen molar-refractivity contribution in [1.82, 2.24) is 79.4 Å². The Balaban J connectivity index is 2.56. The van der Waals surface area contributed by atoms with E-state index in [0.717, 1.165) is 0 Å². The van der Waals surface area contributed by atoms with E-state index in [1.165, 1.54) is 37.4 Å². The molecule has 2 aromatic rings. The number of nitrogens with two attached hydrogens (primary N) is 4. The zero-order valence-corrected chi connectivity index (χ0v) is 75.6. The number of carboxylic acids is 1. The van der Waals surface area contributed by atoms with E-state index in [0.29, 0.717) is 41.5 Å². The molecule has 1 heterocycles. The molecule has 1 aromatic carbocycles. The predicted molar refractivity (Wildman–Crippen MR) is 465 cm³/mol. The van der Waals surface area contributed by atoms with Crippen molar-refractivity contribution < 1.29 is 91.7 Å². The van der Waals surface area contributed by atoms with E-state index in [-0.39, 0.29) is 81.4 Å². The Morgan fingerprint density at radius 3 is 1.21 bits per heavy atom. The van der Waals surface area contributed by atoms with Crippen LogP contribution < -0.4 is 97.4 Å². The van der Waals surface area contributed by atoms with E-state index < -0.39 is 234 Å². The van der Waals surface area contributed by atoms with Crippen molar-refractivity contribution in [2.24, 2.45) is 64.4 Å². The lowest BCUT2D eigenvalue weighted by Gasteiger charge is -2.31. The van der Waals surface area contributed by atoms with Crippen molar-refractivity contribution in [3.05, 3.63) is 36.0 Å². The number of thioether (sulfide) groups is 2. The van der Waals surface area contributed by atoms with Crippen molar-refractivity contribution in [1.29, 1.82) is 0 Å². The van der Waals surface area contributed by atoms with Gasteiger partial charge in [0.25, 0.3) is 0 Å². The summed E-state index contributed by atoms with van der Waals surface area (Å²) in [7, 11) is 0. The van der Waals surface area contributed by atoms with Gasteiger partial charge in [0, 0.05) is 23.5 Å². The first kappa shape index (κ1) is 108. The Morgan fingerprint density at radius 2 is 0.754 bits per heavy atom. The lowest BCUT2D eigenvalue weighted by molar-refractivity contribution is -0.143. The minimum atomic E-state index is -1.80. The van der Waals surface area contributed by atoms with E-state index in [9.17, 15) is 82.1 Å². The Bertz CT molecular complexity index is 3830. The maximum absolute atomic E-state index is 15.2. The first-order valence-corrected chi connectivity index (χ1v) is 44.7. The van der Waals surface area contributed by atoms with Gasteiger partial charge in [-0.15, -0.1) is 0 Å². The van der Waals surface area contributed by atoms with Gasteiger partial charge in [0.2, 0.25) is 94.5 Å². The number of amides is 16. The van der Waals surface area contributed by atoms with Gasteiger partial charge < -0.3 is 113 Å². The number of aromatic nitrogens is 1. The number of aliphatic hydroxyl groups excluding tert-OH is 1. The molecule has 0 aliphatic heterocycles. The van der Waals surface area contributed by atoms with Gasteiger partial charge in [-0.3, -0.25) is 76.7 Å². The quantitative estimate of drug-likeness (QED) is 0.0362. The summed E-state index contributed by atoms with van der Waals surface area (Å²) >= 11 is 2.63. The molecule has 1 aromatic heterocycles. The van der Waals surface area contributed by atoms with E-state index >= 15 is 9.59 Å². The summed E-state index contributed by atoms with van der Waals surface area (Å²) in [4.78, 5) is 239. The molecule has 122 heavy (non-hydrogen) atoms. The summed E-state index contributed by atoms with van der Waals surface area (Å²) in [6.07, 6.45) is 3.37. The van der Waals surface area contributed by atoms with Crippen LogP contribution in [-0.2, 0) is 87.9 Å². The highest BCUT2D eigenvalue weighted by Crippen LogP contribution is 2.22. The maximum Gasteiger partial charge on any atom is 0.326 e. The molecule has 688 valence electrons. The zero-order valence-electron chi connectivity index (χ0n) is 73.9. The molecule has 38 nitrogen and oxygen atoms in total. The Hall–Kier alpha value is -9.67. The number of hydrogen-bond donors (Lipinski definition) is 21. The Kier molecular flexibility index (Phi) is 48.6. The van der Waals surface area contributed by atoms with E-state index in [2.05, 4.69) is 79.4 Å². The summed E-state index contributed by atoms with van der Waals surface area (Å²) in [6, 6.07) is -14.1. The van der Waals surface area contributed by atoms with Crippen LogP contribution >= 0.6 is 23.5 Å². The molecule has 2 rings (SSSR count). The Labute approximate surface area is 724 Å². The van der Waals surface area contributed by atoms with Gasteiger partial charge in [-0.05, 0) is 149 Å². The van der Waals surface area contributed by atoms with Gasteiger partial charge in [0.05, 0.1) is 25.0 Å². The lowest BCUT2D eigenvalue weighted by Crippen LogP contribution is -2.63. The highest BCUT2D eigenvalue weighted by Gasteiger charge is 2.41. The van der Waals surface area contributed by atoms with Gasteiger partial charge in [0.15, 0.2) is 0 Å². The van der Waals surface area contributed by atoms with Gasteiger partial charge in [-0.25, -0.2) is 4.79 Å². The monoisotopic (exact) mass is 1760 g/mol. The Morgan fingerprint density at radius 1 is 0.402 bits per heavy atom. The van der Waals surface area contributed by atoms with Crippen LogP contribution in [-0.4, -0.2) is 243 Å². The fourth-order valence-electron chi connectivity index (χ4n) is 13.0. The summed E-state index contributed by atoms with van der Waals surface area (Å²) in [5.41, 5.74) is 23.9. The number of nitrogens with one attached hydrogen (secondary N) is 15. The first-order chi connectivity index (χ1) is 57.2. The maximum atomic E-state index is 15.2. The number of H-pyrrole nitrogens is 1. The molecule has 40 heteroatoms. The number of carbonyl (C=O) groups excluding carboxylic acids is 16. The van der Waals surface area contributed by atoms with Crippen molar-refractivity contribution in [3.8, 4) is 0 Å². The highest BCUT2D eigenvalue weighted by atomic mass is 32.2. The topological polar surface area (TPSA) is 619 Å². The number of primary amides is 2. The van der Waals surface area contributed by atoms with Crippen LogP contribution in [0, 0.1) is 41.4 Å². The third-order valence-electron chi connectivity index (χ3n) is 20.5. The van der Waals surface area contributed by atoms with Crippen LogP contribution in [0.2, 0.25) is 0 Å². The molecule has 0 unspecified atom stereocenters. The largest absolute Gasteiger partial charge is 0.480 e. The van der Waals surface area contributed by atoms with Gasteiger partial charge in [-0.2, -0.15) is 23.5 Å². The van der Waals surface area contributed by atoms with Crippen LogP contribution in [0.15, 0.2) is 30.5 Å². The van der Waals surface area contributed by atoms with Gasteiger partial charge >= 0.3 is 5.97 Å². The summed E-state index contributed by atoms with van der Waals surface area (Å²) in [6.45, 7) is 26.9. The standard InChI is InChI=1S/C82H139N19O19S2/c1-19-45(13)65(79(116)93-57(35-42(7)8)74(111)90-53(27-23-24-30-83)71(108)98-64(44(11)12)77(114)91-54(28-31-121-17)70(107)96-60(82(119)120)38-62(86)104)99-76(113)58(36-49-39-87-52-26-22-21-25-50(49)52)94-80(117)66(46(14)20-2)100-81(118)67(48(16)102)101-72(109)55(29-32-122-18)89-68(105)47(15)88-73(110)56(34-41(5)6)92-75(112)59(37-61(85)103)95-78(115)63(43(9)10)97-69(106)51(84)33-40(3)4/h21-22,25-26,39-48,51,53-60,63-67,87,102H,19-20,23-24,27-38,83-84H2,1-18H3,(H2,85,103)(H2,86,104)(H,88,110)(H,89,105)(H,90,111)(H,91,114)(H,92,112)(H,93,116)(H,94,117)(H,95,115)(H,96,107)(H,97,106)(H,98,108)(H,99,113)(H,100,118)(H,101,109)(H,119,120)/t45-,46-,47-,48+,51-,53-,54-,55-,56-,57-,58-,59-,60-,63-,64-,65-,66-,67-/m0/s1. The fraction of sp³-hybridized carbons (Fsp3) is 0.695. The first-order valence-electron chi connectivity index (χ1n) is 41.9. The molecule has 18 atom stereocenters. The van der Waals surface area contributed by atoms with Crippen LogP contribution in [0.4, 0.5) is 0 Å². The predicted octanol–water partition coefficient (Wildman–Crippen LogP) is -0.761. The van der Waals surface area contributed by atoms with Gasteiger partial charge in [0.1, 0.15) is 84.6 Å². The van der Waals surface area contributed by atoms with E-state index in [1.807, 2.05) is 13.8 Å². The number of carboxylic acid groups (broad SMARTS) is 1. The second-order valence-electron chi connectivity index (χ2n) is 33.2. The average Bonchev–Trinajstić information content (AvgIpc) is 1.68. The molecule has 0 spiro atoms. The SMILES string of the molecule is CC[C@H](C)[C@H](NC(=O)[C@H](Cc1c[nH]c2ccccc12)NC(=O)[C@@H](NC(=O)[C@@H](NC(=O)[C@H](CCSC)NC(=O)[C@H](C)NC(=O)[C@H](CC(C)C)NC(=O)[C@H](CC(N)=O)NC(=O)[C@@H](NC(=O)[C@@H](N)CC(C)C)C(C)C)[C@@H](C)O)[C@@H](C)CC)C(=O)N[C@@H](CC(C)C)C(=O)N[C@@H](CCCCN)C(=O)N[C@H](C(=O)N[C@@H](CCSC)C(=O)N[C@@H](CC(N)=O)C(=O)O)C(C)C. The molecule has 0 aliphatic carbocycles. The number of aliphatic carboxylic acids is 1. The lowest BCUT2D eigenvalue weighted by atomic mass is 9.95. The third-order valence-corrected chi connectivity index (χ3v) is 21.8. The van der Waals surface area contributed by atoms with E-state index in [4.69, 9.17) is 22.9 Å². The average molecular weight is 1760 g/mol. The minimum Gasteiger partial charge on any atom is -0.480 e. The molecule has 0 aliphatic rings. The minimum absolute atomic E-state index is 0.00606. The zero-order chi connectivity index (χ0) is 92.7. The van der Waals surface area contributed by atoms with Crippen LogP contribution in [0.1, 0.15) is 193 Å². The number of aromatic amines is 1. The number of para-hydroxylation sites is 1. The van der Waals surface area contributed by atoms with Crippen LogP contribution in [0.3, 0.4) is 0 Å². The summed E-state index contributed by atoms with van der Waals surface area (Å²) in [5.74, 6) is -18.1. The molecule has 0 saturated heterocycles. The molecule has 0 radical (unpaired) electrons. The number of aliphatic hydroxyl groups is 1. The molecule has 0 bridgehead atoms. The van der Waals surface area contributed by atoms with Crippen molar-refractivity contribution in [3.63, 3.8) is 0 Å². The molecule has 25 N–H and O–H groups in total. The molecule has 16 amide bonds. The molecular formula is C82H139N19O19S2. The second-order valence-corrected chi connectivity index (χ2v) is 35.2. The number of fused-ring (bicyclic) bond motifs is 1. The van der Waals surface area contributed by atoms with Crippen molar-refractivity contribution in [2.75, 3.05) is 30.6 Å². The number of rotatable bonds is 58. The fourth-order valence-corrected chi connectivity index (χ4v) is 14.0.